The minimum atomic E-state index is -0.336. The molecule has 41 heavy (non-hydrogen) atoms. The number of nitrogens with one attached hydrogen (secondary N) is 2. The number of carbonyl (C=O) groups is 2. The van der Waals surface area contributed by atoms with Crippen LogP contribution in [0.5, 0.6) is 0 Å². The molecule has 4 rings (SSSR count). The predicted molar refractivity (Wildman–Crippen MR) is 164 cm³/mol. The van der Waals surface area contributed by atoms with E-state index in [0.29, 0.717) is 35.2 Å². The van der Waals surface area contributed by atoms with Gasteiger partial charge in [0.1, 0.15) is 5.69 Å². The average Bonchev–Trinajstić information content (AvgIpc) is 3.69. The van der Waals surface area contributed by atoms with Crippen molar-refractivity contribution >= 4 is 28.3 Å². The van der Waals surface area contributed by atoms with Crippen LogP contribution in [0.1, 0.15) is 76.9 Å². The summed E-state index contributed by atoms with van der Waals surface area (Å²) in [5.74, 6) is 0.112. The Labute approximate surface area is 248 Å². The molecule has 3 unspecified atom stereocenters. The second-order valence-corrected chi connectivity index (χ2v) is 12.2. The van der Waals surface area contributed by atoms with Gasteiger partial charge in [0, 0.05) is 30.1 Å². The summed E-state index contributed by atoms with van der Waals surface area (Å²) >= 11 is 1.32. The molecule has 2 amide bonds. The molecule has 0 saturated carbocycles. The molecule has 10 heteroatoms. The third-order valence-corrected chi connectivity index (χ3v) is 7.69. The quantitative estimate of drug-likeness (QED) is 0.284. The first-order chi connectivity index (χ1) is 19.5. The van der Waals surface area contributed by atoms with Crippen LogP contribution in [0.25, 0.3) is 11.4 Å². The number of aryl methyl sites for hydroxylation is 1. The van der Waals surface area contributed by atoms with E-state index in [-0.39, 0.29) is 23.9 Å². The zero-order valence-electron chi connectivity index (χ0n) is 25.4. The van der Waals surface area contributed by atoms with Crippen molar-refractivity contribution in [2.24, 2.45) is 5.92 Å². The van der Waals surface area contributed by atoms with Gasteiger partial charge >= 0.3 is 0 Å². The first kappa shape index (κ1) is 32.4. The summed E-state index contributed by atoms with van der Waals surface area (Å²) in [6.07, 6.45) is 7.70. The van der Waals surface area contributed by atoms with Gasteiger partial charge < -0.3 is 24.7 Å². The van der Waals surface area contributed by atoms with Crippen molar-refractivity contribution in [2.75, 3.05) is 25.1 Å². The molecule has 4 heterocycles. The maximum absolute atomic E-state index is 12.4. The van der Waals surface area contributed by atoms with Gasteiger partial charge in [-0.25, -0.2) is 4.98 Å². The first-order valence-electron chi connectivity index (χ1n) is 14.4. The molecule has 0 spiro atoms. The summed E-state index contributed by atoms with van der Waals surface area (Å²) in [6, 6.07) is 7.45. The molecule has 1 aliphatic heterocycles. The van der Waals surface area contributed by atoms with Crippen molar-refractivity contribution in [3.63, 3.8) is 0 Å². The van der Waals surface area contributed by atoms with Gasteiger partial charge in [-0.1, -0.05) is 26.8 Å². The highest BCUT2D eigenvalue weighted by Crippen LogP contribution is 2.27. The number of pyridine rings is 1. The van der Waals surface area contributed by atoms with Crippen LogP contribution >= 0.6 is 11.3 Å². The lowest BCUT2D eigenvalue weighted by Crippen LogP contribution is -2.33. The van der Waals surface area contributed by atoms with Gasteiger partial charge in [0.2, 0.25) is 5.91 Å². The number of rotatable bonds is 11. The van der Waals surface area contributed by atoms with Crippen molar-refractivity contribution in [1.82, 2.24) is 19.9 Å². The molecule has 3 atom stereocenters. The lowest BCUT2D eigenvalue weighted by Gasteiger charge is -2.24. The molecular formula is C31H45N5O4S. The number of hydrogen-bond acceptors (Lipinski definition) is 7. The van der Waals surface area contributed by atoms with E-state index in [4.69, 9.17) is 9.47 Å². The van der Waals surface area contributed by atoms with Gasteiger partial charge in [-0.15, -0.1) is 11.3 Å². The lowest BCUT2D eigenvalue weighted by atomic mass is 10.0. The highest BCUT2D eigenvalue weighted by atomic mass is 32.1. The van der Waals surface area contributed by atoms with E-state index in [0.717, 1.165) is 36.8 Å². The van der Waals surface area contributed by atoms with Crippen LogP contribution in [0.15, 0.2) is 42.0 Å². The highest BCUT2D eigenvalue weighted by molar-refractivity contribution is 7.14. The van der Waals surface area contributed by atoms with Crippen molar-refractivity contribution < 1.29 is 19.1 Å². The summed E-state index contributed by atoms with van der Waals surface area (Å²) in [5.41, 5.74) is 2.74. The zero-order valence-corrected chi connectivity index (χ0v) is 26.2. The molecule has 0 aromatic carbocycles. The summed E-state index contributed by atoms with van der Waals surface area (Å²) in [7, 11) is 0. The third kappa shape index (κ3) is 10.1. The standard InChI is InChI=1S/C21H23N5O3S.C10H22O/c1-14-4-3-5-16(23-14)17-12-30-20(24-17)25-18(27)10-22-19(28)15-6-8-26(11-15)21(2)7-9-29-13-21;1-6-9(4)11-10(5)7-8(2)3/h3-6,8,11-12H,7,9-10,13H2,1-2H3,(H,22,28)(H,24,25,27);8-10H,6-7H2,1-5H3. The van der Waals surface area contributed by atoms with Gasteiger partial charge in [-0.3, -0.25) is 14.6 Å². The monoisotopic (exact) mass is 583 g/mol. The molecule has 1 fully saturated rings. The van der Waals surface area contributed by atoms with Crippen LogP contribution in [0.4, 0.5) is 5.13 Å². The van der Waals surface area contributed by atoms with E-state index in [1.54, 1.807) is 12.3 Å². The zero-order chi connectivity index (χ0) is 30.0. The van der Waals surface area contributed by atoms with Crippen LogP contribution in [0, 0.1) is 12.8 Å². The van der Waals surface area contributed by atoms with Crippen molar-refractivity contribution in [3.05, 3.63) is 53.3 Å². The number of amides is 2. The van der Waals surface area contributed by atoms with Crippen molar-refractivity contribution in [1.29, 1.82) is 0 Å². The van der Waals surface area contributed by atoms with E-state index in [1.807, 2.05) is 41.3 Å². The Morgan fingerprint density at radius 1 is 1.15 bits per heavy atom. The molecule has 3 aromatic heterocycles. The number of nitrogens with zero attached hydrogens (tertiary/aromatic N) is 3. The Bertz CT molecular complexity index is 1260. The van der Waals surface area contributed by atoms with Crippen LogP contribution in [-0.4, -0.2) is 58.3 Å². The number of aromatic nitrogens is 3. The third-order valence-electron chi connectivity index (χ3n) is 6.93. The number of anilines is 1. The van der Waals surface area contributed by atoms with Crippen LogP contribution < -0.4 is 10.6 Å². The van der Waals surface area contributed by atoms with Crippen molar-refractivity contribution in [2.45, 2.75) is 85.5 Å². The maximum atomic E-state index is 12.4. The van der Waals surface area contributed by atoms with Gasteiger partial charge in [0.05, 0.1) is 42.2 Å². The number of thiazole rings is 1. The fourth-order valence-electron chi connectivity index (χ4n) is 4.50. The summed E-state index contributed by atoms with van der Waals surface area (Å²) < 4.78 is 13.2. The first-order valence-corrected chi connectivity index (χ1v) is 15.3. The van der Waals surface area contributed by atoms with Crippen LogP contribution in [0.2, 0.25) is 0 Å². The average molecular weight is 584 g/mol. The Morgan fingerprint density at radius 2 is 1.93 bits per heavy atom. The smallest absolute Gasteiger partial charge is 0.253 e. The Balaban J connectivity index is 0.000000358. The molecule has 0 aliphatic carbocycles. The summed E-state index contributed by atoms with van der Waals surface area (Å²) in [5, 5.41) is 7.67. The van der Waals surface area contributed by atoms with E-state index in [1.165, 1.54) is 17.8 Å². The van der Waals surface area contributed by atoms with Gasteiger partial charge in [0.25, 0.3) is 5.91 Å². The molecule has 0 radical (unpaired) electrons. The molecular weight excluding hydrogens is 538 g/mol. The van der Waals surface area contributed by atoms with E-state index < -0.39 is 0 Å². The largest absolute Gasteiger partial charge is 0.379 e. The minimum absolute atomic E-state index is 0.134. The Morgan fingerprint density at radius 3 is 2.59 bits per heavy atom. The minimum Gasteiger partial charge on any atom is -0.379 e. The van der Waals surface area contributed by atoms with Crippen LogP contribution in [-0.2, 0) is 19.8 Å². The van der Waals surface area contributed by atoms with E-state index >= 15 is 0 Å². The summed E-state index contributed by atoms with van der Waals surface area (Å²) in [6.45, 7) is 16.1. The normalized spacial score (nSPS) is 18.0. The van der Waals surface area contributed by atoms with Crippen LogP contribution in [0.3, 0.4) is 0 Å². The van der Waals surface area contributed by atoms with E-state index in [9.17, 15) is 9.59 Å². The molecule has 3 aromatic rings. The molecule has 1 aliphatic rings. The Hall–Kier alpha value is -3.08. The topological polar surface area (TPSA) is 107 Å². The second-order valence-electron chi connectivity index (χ2n) is 11.3. The number of hydrogen-bond donors (Lipinski definition) is 2. The maximum Gasteiger partial charge on any atom is 0.253 e. The van der Waals surface area contributed by atoms with Gasteiger partial charge in [-0.2, -0.15) is 0 Å². The molecule has 2 N–H and O–H groups in total. The summed E-state index contributed by atoms with van der Waals surface area (Å²) in [4.78, 5) is 33.4. The highest BCUT2D eigenvalue weighted by Gasteiger charge is 2.31. The van der Waals surface area contributed by atoms with E-state index in [2.05, 4.69) is 62.1 Å². The van der Waals surface area contributed by atoms with Gasteiger partial charge in [0.15, 0.2) is 5.13 Å². The fraction of sp³-hybridized carbons (Fsp3) is 0.548. The predicted octanol–water partition coefficient (Wildman–Crippen LogP) is 6.06. The molecule has 9 nitrogen and oxygen atoms in total. The van der Waals surface area contributed by atoms with Crippen molar-refractivity contribution in [3.8, 4) is 11.4 Å². The lowest BCUT2D eigenvalue weighted by molar-refractivity contribution is -0.115. The molecule has 1 saturated heterocycles. The SMILES string of the molecule is CCC(C)OC(C)CC(C)C.Cc1cccc(-c2csc(NC(=O)CNC(=O)c3ccn(C4(C)CCOC4)c3)n2)n1. The molecule has 0 bridgehead atoms. The molecule has 224 valence electrons. The van der Waals surface area contributed by atoms with Gasteiger partial charge in [-0.05, 0) is 71.1 Å². The Kier molecular flexibility index (Phi) is 12.1. The second kappa shape index (κ2) is 15.2. The fourth-order valence-corrected chi connectivity index (χ4v) is 5.22. The number of carbonyl (C=O) groups excluding carboxylic acids is 2. The number of ether oxygens (including phenoxy) is 2.